The first-order chi connectivity index (χ1) is 7.20. The minimum absolute atomic E-state index is 0.0819. The van der Waals surface area contributed by atoms with Gasteiger partial charge in [-0.1, -0.05) is 49.0 Å². The zero-order chi connectivity index (χ0) is 11.3. The molecule has 0 aromatic rings. The minimum Gasteiger partial charge on any atom is -0.339 e. The zero-order valence-electron chi connectivity index (χ0n) is 9.84. The van der Waals surface area contributed by atoms with Crippen molar-refractivity contribution in [3.63, 3.8) is 0 Å². The van der Waals surface area contributed by atoms with Gasteiger partial charge < -0.3 is 4.90 Å². The minimum atomic E-state index is 0.0819. The van der Waals surface area contributed by atoms with E-state index in [1.54, 1.807) is 0 Å². The highest BCUT2D eigenvalue weighted by Crippen LogP contribution is 2.24. The Balaban J connectivity index is 2.51. The Morgan fingerprint density at radius 1 is 1.40 bits per heavy atom. The van der Waals surface area contributed by atoms with Crippen LogP contribution < -0.4 is 0 Å². The average molecular weight is 276 g/mol. The molecule has 15 heavy (non-hydrogen) atoms. The van der Waals surface area contributed by atoms with Crippen molar-refractivity contribution in [1.29, 1.82) is 0 Å². The Hall–Kier alpha value is -0.0500. The maximum atomic E-state index is 11.9. The van der Waals surface area contributed by atoms with E-state index in [0.29, 0.717) is 11.9 Å². The lowest BCUT2D eigenvalue weighted by atomic mass is 10.0. The first kappa shape index (κ1) is 13.0. The molecule has 2 nitrogen and oxygen atoms in total. The predicted molar refractivity (Wildman–Crippen MR) is 67.3 cm³/mol. The molecule has 88 valence electrons. The number of unbranched alkanes of at least 4 members (excludes halogenated alkanes) is 1. The number of hydrogen-bond acceptors (Lipinski definition) is 1. The standard InChI is InChI=1S/C12H22BrNO/c1-3-5-7-10(6-4-2)14-9-8-11(13)12(14)15/h10-11H,3-9H2,1-2H3. The van der Waals surface area contributed by atoms with Crippen LogP contribution in [0.4, 0.5) is 0 Å². The summed E-state index contributed by atoms with van der Waals surface area (Å²) in [6, 6.07) is 0.491. The van der Waals surface area contributed by atoms with E-state index < -0.39 is 0 Å². The van der Waals surface area contributed by atoms with Crippen molar-refractivity contribution in [2.45, 2.75) is 63.2 Å². The molecular formula is C12H22BrNO. The lowest BCUT2D eigenvalue weighted by molar-refractivity contribution is -0.129. The zero-order valence-corrected chi connectivity index (χ0v) is 11.4. The van der Waals surface area contributed by atoms with Crippen LogP contribution in [0.5, 0.6) is 0 Å². The van der Waals surface area contributed by atoms with Crippen molar-refractivity contribution in [3.05, 3.63) is 0 Å². The molecule has 1 fully saturated rings. The number of alkyl halides is 1. The van der Waals surface area contributed by atoms with Gasteiger partial charge in [0.1, 0.15) is 0 Å². The third-order valence-corrected chi connectivity index (χ3v) is 3.98. The van der Waals surface area contributed by atoms with Crippen molar-refractivity contribution in [2.24, 2.45) is 0 Å². The van der Waals surface area contributed by atoms with E-state index in [1.807, 2.05) is 0 Å². The fraction of sp³-hybridized carbons (Fsp3) is 0.917. The third-order valence-electron chi connectivity index (χ3n) is 3.13. The molecule has 2 unspecified atom stereocenters. The second-order valence-electron chi connectivity index (χ2n) is 4.37. The summed E-state index contributed by atoms with van der Waals surface area (Å²) in [6.07, 6.45) is 6.94. The Labute approximate surface area is 102 Å². The second kappa shape index (κ2) is 6.51. The van der Waals surface area contributed by atoms with E-state index in [2.05, 4.69) is 34.7 Å². The van der Waals surface area contributed by atoms with Gasteiger partial charge in [0, 0.05) is 12.6 Å². The van der Waals surface area contributed by atoms with Gasteiger partial charge in [-0.05, 0) is 19.3 Å². The van der Waals surface area contributed by atoms with E-state index in [-0.39, 0.29) is 4.83 Å². The number of likely N-dealkylation sites (tertiary alicyclic amines) is 1. The van der Waals surface area contributed by atoms with E-state index in [4.69, 9.17) is 0 Å². The number of nitrogens with zero attached hydrogens (tertiary/aromatic N) is 1. The van der Waals surface area contributed by atoms with Gasteiger partial charge in [0.25, 0.3) is 0 Å². The molecule has 0 aromatic carbocycles. The van der Waals surface area contributed by atoms with Crippen LogP contribution in [0.1, 0.15) is 52.4 Å². The van der Waals surface area contributed by atoms with Gasteiger partial charge >= 0.3 is 0 Å². The van der Waals surface area contributed by atoms with E-state index in [9.17, 15) is 4.79 Å². The van der Waals surface area contributed by atoms with Crippen LogP contribution in [0.2, 0.25) is 0 Å². The largest absolute Gasteiger partial charge is 0.339 e. The molecule has 1 rings (SSSR count). The molecule has 0 spiro atoms. The number of rotatable bonds is 6. The first-order valence-electron chi connectivity index (χ1n) is 6.15. The predicted octanol–water partition coefficient (Wildman–Crippen LogP) is 3.34. The fourth-order valence-corrected chi connectivity index (χ4v) is 2.73. The van der Waals surface area contributed by atoms with Gasteiger partial charge in [-0.3, -0.25) is 4.79 Å². The van der Waals surface area contributed by atoms with Gasteiger partial charge in [0.05, 0.1) is 4.83 Å². The second-order valence-corrected chi connectivity index (χ2v) is 5.48. The monoisotopic (exact) mass is 275 g/mol. The lowest BCUT2D eigenvalue weighted by Gasteiger charge is -2.27. The van der Waals surface area contributed by atoms with Crippen molar-refractivity contribution in [1.82, 2.24) is 4.90 Å². The summed E-state index contributed by atoms with van der Waals surface area (Å²) >= 11 is 3.44. The molecule has 1 heterocycles. The smallest absolute Gasteiger partial charge is 0.236 e. The van der Waals surface area contributed by atoms with Crippen molar-refractivity contribution in [3.8, 4) is 0 Å². The van der Waals surface area contributed by atoms with Crippen molar-refractivity contribution in [2.75, 3.05) is 6.54 Å². The molecule has 2 atom stereocenters. The average Bonchev–Trinajstić information content (AvgIpc) is 2.55. The molecule has 1 amide bonds. The van der Waals surface area contributed by atoms with E-state index in [1.165, 1.54) is 25.7 Å². The van der Waals surface area contributed by atoms with Crippen LogP contribution in [-0.4, -0.2) is 28.2 Å². The Morgan fingerprint density at radius 3 is 2.60 bits per heavy atom. The summed E-state index contributed by atoms with van der Waals surface area (Å²) in [4.78, 5) is 14.0. The number of halogens is 1. The molecule has 0 N–H and O–H groups in total. The molecule has 0 bridgehead atoms. The van der Waals surface area contributed by atoms with Crippen molar-refractivity contribution < 1.29 is 4.79 Å². The van der Waals surface area contributed by atoms with Crippen LogP contribution in [-0.2, 0) is 4.79 Å². The van der Waals surface area contributed by atoms with Crippen molar-refractivity contribution >= 4 is 21.8 Å². The molecule has 0 saturated carbocycles. The highest BCUT2D eigenvalue weighted by atomic mass is 79.9. The summed E-state index contributed by atoms with van der Waals surface area (Å²) in [5, 5.41) is 0. The highest BCUT2D eigenvalue weighted by molar-refractivity contribution is 9.10. The molecule has 0 radical (unpaired) electrons. The number of amides is 1. The van der Waals surface area contributed by atoms with E-state index >= 15 is 0 Å². The molecule has 3 heteroatoms. The summed E-state index contributed by atoms with van der Waals surface area (Å²) in [5.74, 6) is 0.310. The maximum Gasteiger partial charge on any atom is 0.236 e. The van der Waals surface area contributed by atoms with Crippen LogP contribution in [0.3, 0.4) is 0 Å². The summed E-state index contributed by atoms with van der Waals surface area (Å²) in [5.41, 5.74) is 0. The third kappa shape index (κ3) is 3.47. The lowest BCUT2D eigenvalue weighted by Crippen LogP contribution is -2.37. The van der Waals surface area contributed by atoms with Gasteiger partial charge in [0.15, 0.2) is 0 Å². The Bertz CT molecular complexity index is 208. The maximum absolute atomic E-state index is 11.9. The summed E-state index contributed by atoms with van der Waals surface area (Å²) in [7, 11) is 0. The molecular weight excluding hydrogens is 254 g/mol. The normalized spacial score (nSPS) is 23.5. The summed E-state index contributed by atoms with van der Waals surface area (Å²) in [6.45, 7) is 5.36. The highest BCUT2D eigenvalue weighted by Gasteiger charge is 2.33. The van der Waals surface area contributed by atoms with E-state index in [0.717, 1.165) is 19.4 Å². The summed E-state index contributed by atoms with van der Waals surface area (Å²) < 4.78 is 0. The van der Waals surface area contributed by atoms with Crippen LogP contribution in [0.25, 0.3) is 0 Å². The molecule has 1 aliphatic rings. The number of carbonyl (C=O) groups is 1. The molecule has 1 aliphatic heterocycles. The Morgan fingerprint density at radius 2 is 2.13 bits per heavy atom. The SMILES string of the molecule is CCCCC(CCC)N1CCC(Br)C1=O. The van der Waals surface area contributed by atoms with Crippen LogP contribution in [0, 0.1) is 0 Å². The van der Waals surface area contributed by atoms with Crippen LogP contribution in [0.15, 0.2) is 0 Å². The quantitative estimate of drug-likeness (QED) is 0.681. The number of carbonyl (C=O) groups excluding carboxylic acids is 1. The molecule has 0 aliphatic carbocycles. The van der Waals surface area contributed by atoms with Gasteiger partial charge in [-0.25, -0.2) is 0 Å². The first-order valence-corrected chi connectivity index (χ1v) is 7.06. The van der Waals surface area contributed by atoms with Crippen LogP contribution >= 0.6 is 15.9 Å². The van der Waals surface area contributed by atoms with Gasteiger partial charge in [-0.2, -0.15) is 0 Å². The van der Waals surface area contributed by atoms with Gasteiger partial charge in [-0.15, -0.1) is 0 Å². The van der Waals surface area contributed by atoms with Gasteiger partial charge in [0.2, 0.25) is 5.91 Å². The Kier molecular flexibility index (Phi) is 5.65. The fourth-order valence-electron chi connectivity index (χ4n) is 2.26. The topological polar surface area (TPSA) is 20.3 Å². The molecule has 0 aromatic heterocycles. The number of hydrogen-bond donors (Lipinski definition) is 0. The molecule has 1 saturated heterocycles.